The van der Waals surface area contributed by atoms with Crippen molar-refractivity contribution in [1.29, 1.82) is 0 Å². The summed E-state index contributed by atoms with van der Waals surface area (Å²) in [6.07, 6.45) is 1.51. The number of rotatable bonds is 1. The first-order chi connectivity index (χ1) is 6.29. The van der Waals surface area contributed by atoms with Crippen LogP contribution in [0.15, 0.2) is 4.99 Å². The third kappa shape index (κ3) is 2.20. The molecule has 0 bridgehead atoms. The van der Waals surface area contributed by atoms with E-state index in [4.69, 9.17) is 0 Å². The Morgan fingerprint density at radius 3 is 2.07 bits per heavy atom. The molecule has 1 aliphatic heterocycles. The van der Waals surface area contributed by atoms with Crippen LogP contribution in [-0.2, 0) is 5.21 Å². The molecule has 14 heavy (non-hydrogen) atoms. The molecule has 0 N–H and O–H groups in total. The maximum Gasteiger partial charge on any atom is 0.0639 e. The molecule has 1 radical (unpaired) electrons. The first kappa shape index (κ1) is 11.8. The van der Waals surface area contributed by atoms with Crippen molar-refractivity contribution in [3.05, 3.63) is 0 Å². The van der Waals surface area contributed by atoms with Gasteiger partial charge in [-0.1, -0.05) is 0 Å². The minimum Gasteiger partial charge on any atom is -0.229 e. The molecule has 1 saturated heterocycles. The van der Waals surface area contributed by atoms with Crippen LogP contribution in [0.25, 0.3) is 0 Å². The van der Waals surface area contributed by atoms with Crippen LogP contribution in [0.3, 0.4) is 0 Å². The minimum absolute atomic E-state index is 0.141. The lowest BCUT2D eigenvalue weighted by atomic mass is 9.79. The van der Waals surface area contributed by atoms with Gasteiger partial charge >= 0.3 is 0 Å². The van der Waals surface area contributed by atoms with Crippen LogP contribution in [0.4, 0.5) is 0 Å². The lowest BCUT2D eigenvalue weighted by Crippen LogP contribution is -2.59. The smallest absolute Gasteiger partial charge is 0.0639 e. The van der Waals surface area contributed by atoms with Crippen molar-refractivity contribution >= 4 is 17.4 Å². The van der Waals surface area contributed by atoms with Crippen molar-refractivity contribution in [2.75, 3.05) is 0 Å². The molecule has 1 heterocycles. The van der Waals surface area contributed by atoms with Gasteiger partial charge < -0.3 is 0 Å². The van der Waals surface area contributed by atoms with E-state index in [9.17, 15) is 5.21 Å². The van der Waals surface area contributed by atoms with Gasteiger partial charge in [0.25, 0.3) is 0 Å². The highest BCUT2D eigenvalue weighted by atomic mass is 32.1. The summed E-state index contributed by atoms with van der Waals surface area (Å²) in [5.74, 6) is 0. The monoisotopic (exact) mass is 213 g/mol. The number of nitrogens with zero attached hydrogens (tertiary/aromatic N) is 2. The molecule has 0 aromatic rings. The van der Waals surface area contributed by atoms with Crippen LogP contribution in [0, 0.1) is 0 Å². The fourth-order valence-corrected chi connectivity index (χ4v) is 2.53. The van der Waals surface area contributed by atoms with Crippen LogP contribution in [-0.4, -0.2) is 27.3 Å². The van der Waals surface area contributed by atoms with Gasteiger partial charge in [-0.15, -0.1) is 10.3 Å². The van der Waals surface area contributed by atoms with Crippen molar-refractivity contribution in [3.63, 3.8) is 0 Å². The van der Waals surface area contributed by atoms with E-state index in [1.165, 1.54) is 5.06 Å². The summed E-state index contributed by atoms with van der Waals surface area (Å²) in [5, 5.41) is 15.6. The van der Waals surface area contributed by atoms with Crippen molar-refractivity contribution in [3.8, 4) is 0 Å². The molecule has 0 unspecified atom stereocenters. The molecule has 0 amide bonds. The molecule has 1 rings (SSSR count). The summed E-state index contributed by atoms with van der Waals surface area (Å²) in [7, 11) is 0. The lowest BCUT2D eigenvalue weighted by molar-refractivity contribution is -0.288. The Morgan fingerprint density at radius 1 is 1.29 bits per heavy atom. The second-order valence-electron chi connectivity index (χ2n) is 5.20. The number of hydrogen-bond acceptors (Lipinski definition) is 3. The highest BCUT2D eigenvalue weighted by Crippen LogP contribution is 2.37. The predicted molar refractivity (Wildman–Crippen MR) is 58.7 cm³/mol. The summed E-state index contributed by atoms with van der Waals surface area (Å²) in [5.41, 5.74) is -0.718. The quantitative estimate of drug-likeness (QED) is 0.495. The fraction of sp³-hybridized carbons (Fsp3) is 0.900. The zero-order chi connectivity index (χ0) is 11.0. The number of thiocarbonyl (C=S) groups is 1. The van der Waals surface area contributed by atoms with Gasteiger partial charge in [0.15, 0.2) is 0 Å². The molecule has 1 aliphatic rings. The molecule has 4 heteroatoms. The second kappa shape index (κ2) is 3.70. The molecule has 0 aromatic carbocycles. The lowest BCUT2D eigenvalue weighted by Gasteiger charge is -2.48. The molecular weight excluding hydrogens is 196 g/mol. The van der Waals surface area contributed by atoms with E-state index in [0.717, 1.165) is 12.8 Å². The summed E-state index contributed by atoms with van der Waals surface area (Å²) in [4.78, 5) is 4.11. The van der Waals surface area contributed by atoms with Crippen molar-refractivity contribution in [2.45, 2.75) is 57.7 Å². The Bertz CT molecular complexity index is 251. The Balaban J connectivity index is 2.91. The van der Waals surface area contributed by atoms with Gasteiger partial charge in [0, 0.05) is 11.1 Å². The van der Waals surface area contributed by atoms with Crippen LogP contribution in [0.5, 0.6) is 0 Å². The van der Waals surface area contributed by atoms with Gasteiger partial charge in [-0.3, -0.25) is 0 Å². The summed E-state index contributed by atoms with van der Waals surface area (Å²) in [6.45, 7) is 7.80. The van der Waals surface area contributed by atoms with Crippen LogP contribution < -0.4 is 0 Å². The van der Waals surface area contributed by atoms with Gasteiger partial charge in [0.05, 0.1) is 11.2 Å². The van der Waals surface area contributed by atoms with Gasteiger partial charge in [-0.05, 0) is 52.8 Å². The van der Waals surface area contributed by atoms with E-state index >= 15 is 0 Å². The predicted octanol–water partition coefficient (Wildman–Crippen LogP) is 2.46. The standard InChI is InChI=1S/C10H17N2OS/c1-9(2)5-8(11-7-14)6-10(3,4)12(9)13/h8H,5-6H2,1-4H3. The van der Waals surface area contributed by atoms with Gasteiger partial charge in [0.2, 0.25) is 0 Å². The van der Waals surface area contributed by atoms with Crippen LogP contribution >= 0.6 is 12.2 Å². The van der Waals surface area contributed by atoms with E-state index in [1.54, 1.807) is 0 Å². The van der Waals surface area contributed by atoms with Crippen LogP contribution in [0.2, 0.25) is 0 Å². The Morgan fingerprint density at radius 2 is 1.71 bits per heavy atom. The van der Waals surface area contributed by atoms with E-state index in [0.29, 0.717) is 0 Å². The topological polar surface area (TPSA) is 35.5 Å². The molecule has 0 atom stereocenters. The SMILES string of the molecule is CC1(C)CC(N=C=S)CC(C)(C)N1[O]. The number of hydrogen-bond donors (Lipinski definition) is 0. The average molecular weight is 213 g/mol. The zero-order valence-corrected chi connectivity index (χ0v) is 10.0. The second-order valence-corrected chi connectivity index (χ2v) is 5.38. The third-order valence-corrected chi connectivity index (χ3v) is 2.91. The summed E-state index contributed by atoms with van der Waals surface area (Å²) < 4.78 is 0. The molecule has 3 nitrogen and oxygen atoms in total. The number of aliphatic imine (C=N–C) groups is 1. The molecule has 0 aromatic heterocycles. The molecule has 0 saturated carbocycles. The molecule has 79 valence electrons. The van der Waals surface area contributed by atoms with E-state index in [2.05, 4.69) is 22.4 Å². The largest absolute Gasteiger partial charge is 0.229 e. The first-order valence-electron chi connectivity index (χ1n) is 4.84. The Labute approximate surface area is 90.8 Å². The third-order valence-electron chi connectivity index (χ3n) is 2.81. The number of piperidine rings is 1. The highest BCUT2D eigenvalue weighted by molar-refractivity contribution is 7.78. The van der Waals surface area contributed by atoms with Crippen molar-refractivity contribution in [1.82, 2.24) is 5.06 Å². The summed E-state index contributed by atoms with van der Waals surface area (Å²) >= 11 is 4.60. The maximum absolute atomic E-state index is 11.9. The van der Waals surface area contributed by atoms with Gasteiger partial charge in [-0.2, -0.15) is 0 Å². The summed E-state index contributed by atoms with van der Waals surface area (Å²) in [6, 6.07) is 0.141. The Kier molecular flexibility index (Phi) is 3.12. The average Bonchev–Trinajstić information content (AvgIpc) is 1.99. The highest BCUT2D eigenvalue weighted by Gasteiger charge is 2.46. The molecule has 0 aliphatic carbocycles. The molecule has 0 spiro atoms. The van der Waals surface area contributed by atoms with Crippen molar-refractivity contribution < 1.29 is 5.21 Å². The fourth-order valence-electron chi connectivity index (χ4n) is 2.38. The Hall–Kier alpha value is -0.280. The molecular formula is C10H17N2OS. The first-order valence-corrected chi connectivity index (χ1v) is 5.25. The van der Waals surface area contributed by atoms with E-state index in [-0.39, 0.29) is 17.1 Å². The molecule has 1 fully saturated rings. The maximum atomic E-state index is 11.9. The minimum atomic E-state index is -0.359. The zero-order valence-electron chi connectivity index (χ0n) is 9.20. The number of isothiocyanates is 1. The normalized spacial score (nSPS) is 26.9. The van der Waals surface area contributed by atoms with Gasteiger partial charge in [-0.25, -0.2) is 4.99 Å². The van der Waals surface area contributed by atoms with Gasteiger partial charge in [0.1, 0.15) is 0 Å². The van der Waals surface area contributed by atoms with E-state index in [1.807, 2.05) is 27.7 Å². The number of hydroxylamine groups is 2. The van der Waals surface area contributed by atoms with Crippen molar-refractivity contribution in [2.24, 2.45) is 4.99 Å². The van der Waals surface area contributed by atoms with E-state index < -0.39 is 0 Å². The van der Waals surface area contributed by atoms with Crippen LogP contribution in [0.1, 0.15) is 40.5 Å².